The molecule has 1 heterocycles. The molecule has 2 aliphatic rings. The first kappa shape index (κ1) is 60.0. The van der Waals surface area contributed by atoms with Gasteiger partial charge >= 0.3 is 27.6 Å². The summed E-state index contributed by atoms with van der Waals surface area (Å²) in [6.45, 7) is 3.00. The highest BCUT2D eigenvalue weighted by Crippen LogP contribution is 2.49. The van der Waals surface area contributed by atoms with Crippen LogP contribution in [0, 0.1) is 0 Å². The first-order chi connectivity index (χ1) is 31.6. The molecule has 7 N–H and O–H groups in total. The van der Waals surface area contributed by atoms with Crippen molar-refractivity contribution in [2.24, 2.45) is 0 Å². The molecule has 17 nitrogen and oxygen atoms in total. The summed E-state index contributed by atoms with van der Waals surface area (Å²) in [6, 6.07) is 0. The highest BCUT2D eigenvalue weighted by atomic mass is 31.2. The molecule has 0 aromatic rings. The average Bonchev–Trinajstić information content (AvgIpc) is 4.03. The van der Waals surface area contributed by atoms with Crippen LogP contribution in [0.4, 0.5) is 0 Å². The van der Waals surface area contributed by atoms with Crippen LogP contribution in [0.2, 0.25) is 0 Å². The third kappa shape index (κ3) is 28.4. The van der Waals surface area contributed by atoms with Gasteiger partial charge in [0.15, 0.2) is 6.10 Å². The Morgan fingerprint density at radius 1 is 0.561 bits per heavy atom. The van der Waals surface area contributed by atoms with E-state index in [1.165, 1.54) is 57.8 Å². The van der Waals surface area contributed by atoms with Gasteiger partial charge in [-0.15, -0.1) is 0 Å². The van der Waals surface area contributed by atoms with Gasteiger partial charge in [-0.1, -0.05) is 127 Å². The summed E-state index contributed by atoms with van der Waals surface area (Å²) in [7, 11) is -10.7. The second-order valence-corrected chi connectivity index (χ2v) is 19.8. The van der Waals surface area contributed by atoms with Crippen LogP contribution >= 0.6 is 15.6 Å². The Hall–Kier alpha value is -2.08. The van der Waals surface area contributed by atoms with Crippen molar-refractivity contribution in [1.82, 2.24) is 0 Å². The van der Waals surface area contributed by atoms with Crippen LogP contribution in [-0.4, -0.2) is 115 Å². The maximum atomic E-state index is 13.0. The molecule has 382 valence electrons. The van der Waals surface area contributed by atoms with Crippen molar-refractivity contribution in [2.75, 3.05) is 13.2 Å². The van der Waals surface area contributed by atoms with Crippen LogP contribution in [-0.2, 0) is 46.5 Å². The molecule has 1 saturated carbocycles. The van der Waals surface area contributed by atoms with E-state index >= 15 is 0 Å². The van der Waals surface area contributed by atoms with Gasteiger partial charge in [0, 0.05) is 12.8 Å². The Bertz CT molecular complexity index is 1530. The molecule has 10 atom stereocenters. The molecule has 2 fully saturated rings. The van der Waals surface area contributed by atoms with Gasteiger partial charge < -0.3 is 49.3 Å². The quantitative estimate of drug-likeness (QED) is 0.0100. The van der Waals surface area contributed by atoms with Crippen LogP contribution in [0.3, 0.4) is 0 Å². The van der Waals surface area contributed by atoms with Crippen molar-refractivity contribution in [3.63, 3.8) is 0 Å². The third-order valence-electron chi connectivity index (χ3n) is 11.3. The van der Waals surface area contributed by atoms with Gasteiger partial charge in [-0.25, -0.2) is 9.13 Å². The zero-order valence-corrected chi connectivity index (χ0v) is 41.1. The lowest BCUT2D eigenvalue weighted by molar-refractivity contribution is -0.216. The summed E-state index contributed by atoms with van der Waals surface area (Å²) in [5.41, 5.74) is 0. The van der Waals surface area contributed by atoms with Crippen LogP contribution in [0.5, 0.6) is 0 Å². The van der Waals surface area contributed by atoms with E-state index in [1.807, 2.05) is 0 Å². The molecule has 0 aromatic carbocycles. The van der Waals surface area contributed by atoms with Crippen LogP contribution in [0.25, 0.3) is 0 Å². The fourth-order valence-corrected chi connectivity index (χ4v) is 8.94. The van der Waals surface area contributed by atoms with Gasteiger partial charge in [0.1, 0.15) is 43.2 Å². The summed E-state index contributed by atoms with van der Waals surface area (Å²) in [4.78, 5) is 54.4. The molecule has 1 saturated heterocycles. The topological polar surface area (TPSA) is 269 Å². The molecule has 2 rings (SSSR count). The largest absolute Gasteiger partial charge is 0.472 e. The van der Waals surface area contributed by atoms with Gasteiger partial charge in [0.2, 0.25) is 0 Å². The Morgan fingerprint density at radius 3 is 1.68 bits per heavy atom. The second kappa shape index (κ2) is 35.1. The Balaban J connectivity index is 1.82. The van der Waals surface area contributed by atoms with Crippen molar-refractivity contribution in [3.8, 4) is 0 Å². The molecule has 0 spiro atoms. The first-order valence-electron chi connectivity index (χ1n) is 24.3. The van der Waals surface area contributed by atoms with E-state index in [4.69, 9.17) is 23.3 Å². The fraction of sp³-hybridized carbons (Fsp3) is 0.787. The SMILES string of the molecule is CCCCC/C=C\C/C=C\C/C=C\CC1OC1CCCC(=O)OC[C@H](COP(=O)(O)O[C@H]1C(O)C(O)C(O)[C@@H](OP(=O)(O)O)C1O)OC(=O)CCCCCCC/C=C\CCCCCCCC. The predicted octanol–water partition coefficient (Wildman–Crippen LogP) is 8.27. The van der Waals surface area contributed by atoms with Crippen molar-refractivity contribution in [2.45, 2.75) is 223 Å². The number of carbonyl (C=O) groups excluding carboxylic acids is 2. The number of carbonyl (C=O) groups is 2. The molecule has 0 radical (unpaired) electrons. The number of phosphoric ester groups is 2. The lowest BCUT2D eigenvalue weighted by atomic mass is 9.85. The summed E-state index contributed by atoms with van der Waals surface area (Å²) in [5.74, 6) is -1.29. The smallest absolute Gasteiger partial charge is 0.462 e. The predicted molar refractivity (Wildman–Crippen MR) is 250 cm³/mol. The molecule has 7 unspecified atom stereocenters. The van der Waals surface area contributed by atoms with Crippen LogP contribution in [0.1, 0.15) is 168 Å². The van der Waals surface area contributed by atoms with E-state index in [0.717, 1.165) is 64.2 Å². The minimum atomic E-state index is -5.37. The number of unbranched alkanes of at least 4 members (excludes halogenated alkanes) is 14. The molecule has 66 heavy (non-hydrogen) atoms. The Morgan fingerprint density at radius 2 is 1.06 bits per heavy atom. The summed E-state index contributed by atoms with van der Waals surface area (Å²) in [5, 5.41) is 41.3. The van der Waals surface area contributed by atoms with Crippen molar-refractivity contribution < 1.29 is 81.6 Å². The summed E-state index contributed by atoms with van der Waals surface area (Å²) < 4.78 is 55.2. The summed E-state index contributed by atoms with van der Waals surface area (Å²) in [6.07, 6.45) is 25.1. The highest BCUT2D eigenvalue weighted by Gasteiger charge is 2.54. The minimum Gasteiger partial charge on any atom is -0.462 e. The lowest BCUT2D eigenvalue weighted by Gasteiger charge is -2.43. The van der Waals surface area contributed by atoms with E-state index in [1.54, 1.807) is 0 Å². The zero-order valence-electron chi connectivity index (χ0n) is 39.3. The first-order valence-corrected chi connectivity index (χ1v) is 27.3. The molecule has 0 amide bonds. The molecule has 19 heteroatoms. The van der Waals surface area contributed by atoms with Gasteiger partial charge in [-0.3, -0.25) is 23.2 Å². The number of phosphoric acid groups is 2. The Kier molecular flexibility index (Phi) is 31.9. The lowest BCUT2D eigenvalue weighted by Crippen LogP contribution is -2.64. The molecular weight excluding hydrogens is 898 g/mol. The van der Waals surface area contributed by atoms with E-state index in [0.29, 0.717) is 19.3 Å². The average molecular weight is 981 g/mol. The number of ether oxygens (including phenoxy) is 3. The maximum absolute atomic E-state index is 13.0. The van der Waals surface area contributed by atoms with Crippen molar-refractivity contribution >= 4 is 27.6 Å². The zero-order chi connectivity index (χ0) is 48.6. The molecule has 1 aliphatic carbocycles. The third-order valence-corrected chi connectivity index (χ3v) is 12.8. The maximum Gasteiger partial charge on any atom is 0.472 e. The minimum absolute atomic E-state index is 0.0167. The number of aliphatic hydroxyl groups excluding tert-OH is 4. The van der Waals surface area contributed by atoms with Gasteiger partial charge in [-0.2, -0.15) is 0 Å². The second-order valence-electron chi connectivity index (χ2n) is 17.2. The number of hydrogen-bond donors (Lipinski definition) is 7. The number of allylic oxidation sites excluding steroid dienone is 7. The molecular formula is C47H82O17P2. The number of hydrogen-bond acceptors (Lipinski definition) is 14. The highest BCUT2D eigenvalue weighted by molar-refractivity contribution is 7.47. The van der Waals surface area contributed by atoms with Gasteiger partial charge in [-0.05, 0) is 77.0 Å². The molecule has 0 bridgehead atoms. The van der Waals surface area contributed by atoms with Crippen molar-refractivity contribution in [1.29, 1.82) is 0 Å². The molecule has 1 aliphatic heterocycles. The van der Waals surface area contributed by atoms with Crippen LogP contribution < -0.4 is 0 Å². The van der Waals surface area contributed by atoms with E-state index in [9.17, 15) is 53.8 Å². The monoisotopic (exact) mass is 981 g/mol. The number of rotatable bonds is 39. The normalized spacial score (nSPS) is 25.0. The van der Waals surface area contributed by atoms with Gasteiger partial charge in [0.25, 0.3) is 0 Å². The summed E-state index contributed by atoms with van der Waals surface area (Å²) >= 11 is 0. The fourth-order valence-electron chi connectivity index (χ4n) is 7.40. The van der Waals surface area contributed by atoms with Crippen LogP contribution in [0.15, 0.2) is 48.6 Å². The Labute approximate surface area is 392 Å². The van der Waals surface area contributed by atoms with Crippen molar-refractivity contribution in [3.05, 3.63) is 48.6 Å². The number of esters is 2. The standard InChI is InChI=1S/C47H82O17P2/c1-3-5-7-9-11-13-15-17-18-19-21-23-25-27-29-33-41(49)61-37(36-60-66(57,58)64-47-44(52)42(50)43(51)46(45(47)53)63-65(54,55)56)35-59-40(48)34-30-32-39-38(62-39)31-28-26-24-22-20-16-14-12-10-8-6-4-2/h12,14,17-18,20,22,26,28,37-39,42-47,50-53H,3-11,13,15-16,19,21,23-25,27,29-36H2,1-2H3,(H,57,58)(H2,54,55,56)/b14-12-,18-17-,22-20-,28-26-/t37-,38?,39?,42?,43?,44?,45?,46-,47+/m1/s1. The van der Waals surface area contributed by atoms with E-state index < -0.39 is 83.5 Å². The van der Waals surface area contributed by atoms with Gasteiger partial charge in [0.05, 0.1) is 18.8 Å². The molecule has 0 aromatic heterocycles. The number of epoxide rings is 1. The van der Waals surface area contributed by atoms with E-state index in [2.05, 4.69) is 67.0 Å². The van der Waals surface area contributed by atoms with E-state index in [-0.39, 0.29) is 25.0 Å². The number of aliphatic hydroxyl groups is 4.